The van der Waals surface area contributed by atoms with Crippen molar-refractivity contribution < 1.29 is 0 Å². The Bertz CT molecular complexity index is 1190. The van der Waals surface area contributed by atoms with E-state index >= 15 is 0 Å². The van der Waals surface area contributed by atoms with E-state index in [2.05, 4.69) is 65.6 Å². The number of thioether (sulfide) groups is 2. The zero-order chi connectivity index (χ0) is 19.1. The summed E-state index contributed by atoms with van der Waals surface area (Å²) in [5.74, 6) is 0. The van der Waals surface area contributed by atoms with Crippen LogP contribution in [0, 0.1) is 0 Å². The first-order chi connectivity index (χ1) is 13.7. The van der Waals surface area contributed by atoms with Gasteiger partial charge in [0.05, 0.1) is 10.6 Å². The highest BCUT2D eigenvalue weighted by Crippen LogP contribution is 2.54. The monoisotopic (exact) mass is 422 g/mol. The predicted octanol–water partition coefficient (Wildman–Crippen LogP) is 5.83. The molecule has 28 heavy (non-hydrogen) atoms. The summed E-state index contributed by atoms with van der Waals surface area (Å²) in [6.45, 7) is 0. The summed E-state index contributed by atoms with van der Waals surface area (Å²) < 4.78 is 0. The summed E-state index contributed by atoms with van der Waals surface area (Å²) in [6, 6.07) is 21.2. The van der Waals surface area contributed by atoms with Gasteiger partial charge in [0.2, 0.25) is 0 Å². The molecule has 0 spiro atoms. The molecular weight excluding hydrogens is 404 g/mol. The topological polar surface area (TPSA) is 45.8 Å². The first-order valence-electron chi connectivity index (χ1n) is 9.09. The second kappa shape index (κ2) is 7.43. The minimum atomic E-state index is -0.0163. The van der Waals surface area contributed by atoms with Gasteiger partial charge in [0, 0.05) is 10.1 Å². The van der Waals surface area contributed by atoms with Crippen molar-refractivity contribution in [2.45, 2.75) is 22.1 Å². The van der Waals surface area contributed by atoms with E-state index in [9.17, 15) is 4.79 Å². The Hall–Kier alpha value is -2.02. The van der Waals surface area contributed by atoms with Crippen LogP contribution in [0.4, 0.5) is 0 Å². The van der Waals surface area contributed by atoms with Crippen LogP contribution in [0.3, 0.4) is 0 Å². The molecule has 1 aliphatic heterocycles. The molecule has 3 heterocycles. The van der Waals surface area contributed by atoms with Crippen LogP contribution in [0.5, 0.6) is 0 Å². The number of H-pyrrole nitrogens is 1. The van der Waals surface area contributed by atoms with E-state index in [1.54, 1.807) is 11.3 Å². The number of thiophene rings is 1. The normalized spacial score (nSPS) is 18.9. The van der Waals surface area contributed by atoms with Crippen LogP contribution < -0.4 is 5.56 Å². The van der Waals surface area contributed by atoms with Crippen LogP contribution in [-0.4, -0.2) is 16.2 Å². The molecule has 2 aromatic carbocycles. The van der Waals surface area contributed by atoms with Gasteiger partial charge in [0.25, 0.3) is 5.56 Å². The molecule has 2 atom stereocenters. The summed E-state index contributed by atoms with van der Waals surface area (Å²) in [6.07, 6.45) is 2.79. The Kier molecular flexibility index (Phi) is 4.78. The third kappa shape index (κ3) is 3.09. The van der Waals surface area contributed by atoms with Gasteiger partial charge >= 0.3 is 0 Å². The number of nitrogens with one attached hydrogen (secondary N) is 1. The summed E-state index contributed by atoms with van der Waals surface area (Å²) in [5, 5.41) is 1.99. The van der Waals surface area contributed by atoms with Gasteiger partial charge in [-0.3, -0.25) is 4.79 Å². The number of fused-ring (bicyclic) bond motifs is 3. The molecule has 1 aliphatic rings. The Balaban J connectivity index is 1.72. The highest BCUT2D eigenvalue weighted by Gasteiger charge is 2.34. The number of benzene rings is 2. The first kappa shape index (κ1) is 18.0. The molecule has 6 heteroatoms. The van der Waals surface area contributed by atoms with E-state index in [-0.39, 0.29) is 10.8 Å². The fourth-order valence-corrected chi connectivity index (χ4v) is 7.20. The molecule has 2 aromatic heterocycles. The van der Waals surface area contributed by atoms with Crippen molar-refractivity contribution in [3.63, 3.8) is 0 Å². The summed E-state index contributed by atoms with van der Waals surface area (Å²) in [7, 11) is 0. The quantitative estimate of drug-likeness (QED) is 0.333. The molecule has 1 N–H and O–H groups in total. The average Bonchev–Trinajstić information content (AvgIpc) is 3.13. The minimum absolute atomic E-state index is 0.0163. The van der Waals surface area contributed by atoms with E-state index in [1.165, 1.54) is 33.3 Å². The van der Waals surface area contributed by atoms with Crippen molar-refractivity contribution in [3.8, 4) is 0 Å². The van der Waals surface area contributed by atoms with Gasteiger partial charge in [-0.1, -0.05) is 72.4 Å². The van der Waals surface area contributed by atoms with E-state index in [1.807, 2.05) is 18.0 Å². The van der Waals surface area contributed by atoms with Crippen molar-refractivity contribution in [2.24, 2.45) is 0 Å². The van der Waals surface area contributed by atoms with Crippen LogP contribution in [0.25, 0.3) is 10.2 Å². The Morgan fingerprint density at radius 3 is 2.39 bits per heavy atom. The van der Waals surface area contributed by atoms with Crippen molar-refractivity contribution >= 4 is 45.1 Å². The Morgan fingerprint density at radius 2 is 1.71 bits per heavy atom. The zero-order valence-corrected chi connectivity index (χ0v) is 17.7. The molecule has 0 bridgehead atoms. The fraction of sp³-hybridized carbons (Fsp3) is 0.182. The van der Waals surface area contributed by atoms with Gasteiger partial charge in [-0.15, -0.1) is 23.1 Å². The summed E-state index contributed by atoms with van der Waals surface area (Å²) >= 11 is 5.13. The van der Waals surface area contributed by atoms with Gasteiger partial charge in [-0.25, -0.2) is 4.98 Å². The molecule has 4 aromatic rings. The largest absolute Gasteiger partial charge is 0.301 e. The first-order valence-corrected chi connectivity index (χ1v) is 12.1. The van der Waals surface area contributed by atoms with Crippen LogP contribution in [-0.2, 0) is 6.42 Å². The molecule has 0 amide bonds. The van der Waals surface area contributed by atoms with Crippen molar-refractivity contribution in [3.05, 3.63) is 92.6 Å². The van der Waals surface area contributed by atoms with Gasteiger partial charge in [0.15, 0.2) is 5.16 Å². The lowest BCUT2D eigenvalue weighted by molar-refractivity contribution is 0.891. The highest BCUT2D eigenvalue weighted by atomic mass is 32.2. The lowest BCUT2D eigenvalue weighted by atomic mass is 9.98. The van der Waals surface area contributed by atoms with Crippen LogP contribution in [0.15, 0.2) is 70.6 Å². The second-order valence-corrected chi connectivity index (χ2v) is 9.87. The molecule has 3 nitrogen and oxygen atoms in total. The van der Waals surface area contributed by atoms with Crippen molar-refractivity contribution in [1.82, 2.24) is 9.97 Å². The van der Waals surface area contributed by atoms with Gasteiger partial charge in [-0.2, -0.15) is 0 Å². The van der Waals surface area contributed by atoms with Crippen LogP contribution in [0.1, 0.15) is 32.1 Å². The number of hydrogen-bond acceptors (Lipinski definition) is 5. The van der Waals surface area contributed by atoms with Crippen molar-refractivity contribution in [2.75, 3.05) is 6.26 Å². The van der Waals surface area contributed by atoms with Gasteiger partial charge < -0.3 is 4.98 Å². The molecule has 0 unspecified atom stereocenters. The fourth-order valence-electron chi connectivity index (χ4n) is 3.75. The summed E-state index contributed by atoms with van der Waals surface area (Å²) in [4.78, 5) is 22.6. The number of aromatic amines is 1. The number of hydrogen-bond donors (Lipinski definition) is 1. The average molecular weight is 423 g/mol. The van der Waals surface area contributed by atoms with E-state index in [0.29, 0.717) is 10.4 Å². The third-order valence-electron chi connectivity index (χ3n) is 5.07. The third-order valence-corrected chi connectivity index (χ3v) is 8.53. The zero-order valence-electron chi connectivity index (χ0n) is 15.2. The summed E-state index contributed by atoms with van der Waals surface area (Å²) in [5.41, 5.74) is 3.74. The smallest absolute Gasteiger partial charge is 0.260 e. The molecule has 0 radical (unpaired) electrons. The predicted molar refractivity (Wildman–Crippen MR) is 121 cm³/mol. The van der Waals surface area contributed by atoms with Crippen LogP contribution in [0.2, 0.25) is 0 Å². The Morgan fingerprint density at radius 1 is 1.04 bits per heavy atom. The van der Waals surface area contributed by atoms with Gasteiger partial charge in [-0.05, 0) is 29.4 Å². The standard InChI is InChI=1S/C22H18N2OS3/c1-26-22-23-20(25)17-15-12-16(13-8-4-2-5-9-13)27-18(14-10-6-3-7-11-14)19(15)28-21(17)24-22/h2-11,16,18H,12H2,1H3,(H,23,24,25)/t16-,18-/m1/s1. The molecule has 0 aliphatic carbocycles. The number of nitrogens with zero attached hydrogens (tertiary/aromatic N) is 1. The maximum atomic E-state index is 12.9. The number of rotatable bonds is 3. The lowest BCUT2D eigenvalue weighted by Gasteiger charge is -2.29. The molecule has 140 valence electrons. The maximum Gasteiger partial charge on any atom is 0.260 e. The molecule has 0 saturated carbocycles. The molecule has 5 rings (SSSR count). The van der Waals surface area contributed by atoms with Crippen molar-refractivity contribution in [1.29, 1.82) is 0 Å². The maximum absolute atomic E-state index is 12.9. The van der Waals surface area contributed by atoms with E-state index < -0.39 is 0 Å². The molecule has 0 fully saturated rings. The van der Waals surface area contributed by atoms with Gasteiger partial charge in [0.1, 0.15) is 4.83 Å². The Labute approximate surface area is 175 Å². The number of aromatic nitrogens is 2. The minimum Gasteiger partial charge on any atom is -0.301 e. The van der Waals surface area contributed by atoms with E-state index in [0.717, 1.165) is 16.6 Å². The highest BCUT2D eigenvalue weighted by molar-refractivity contribution is 8.00. The molecular formula is C22H18N2OS3. The second-order valence-electron chi connectivity index (χ2n) is 6.73. The van der Waals surface area contributed by atoms with Crippen LogP contribution >= 0.6 is 34.9 Å². The van der Waals surface area contributed by atoms with E-state index in [4.69, 9.17) is 4.98 Å². The SMILES string of the molecule is CSc1nc2sc3c(c2c(=O)[nH]1)C[C@H](c1ccccc1)S[C@@H]3c1ccccc1. The lowest BCUT2D eigenvalue weighted by Crippen LogP contribution is -2.15. The molecule has 0 saturated heterocycles.